The van der Waals surface area contributed by atoms with Gasteiger partial charge in [0.1, 0.15) is 17.4 Å². The molecule has 1 unspecified atom stereocenters. The first kappa shape index (κ1) is 22.8. The standard InChI is InChI=1S/C28H33N7O/c1-4-8-29-16-26-31-14-22(33-26)17(2)11-24-18(3)36-25-13-20(12-19-7-10-35(24)27(19)25)23-15-32-28(34-23)21-6-5-9-30-21/h11-15,21,29-30H,2-10,16H2,1H3,(H,31,33)(H,32,34)/b24-11+. The molecule has 3 aliphatic heterocycles. The van der Waals surface area contributed by atoms with Crippen LogP contribution in [0.25, 0.3) is 16.8 Å². The zero-order valence-electron chi connectivity index (χ0n) is 20.8. The molecule has 4 N–H and O–H groups in total. The maximum Gasteiger partial charge on any atom is 0.152 e. The van der Waals surface area contributed by atoms with Crippen molar-refractivity contribution in [3.05, 3.63) is 78.1 Å². The van der Waals surface area contributed by atoms with Crippen molar-refractivity contribution in [2.24, 2.45) is 0 Å². The second kappa shape index (κ2) is 9.44. The van der Waals surface area contributed by atoms with Crippen LogP contribution in [0.4, 0.5) is 5.69 Å². The number of hydrogen-bond donors (Lipinski definition) is 4. The van der Waals surface area contributed by atoms with E-state index in [0.717, 1.165) is 90.2 Å². The largest absolute Gasteiger partial charge is 0.454 e. The van der Waals surface area contributed by atoms with E-state index in [-0.39, 0.29) is 0 Å². The number of rotatable bonds is 8. The molecule has 3 aliphatic rings. The minimum Gasteiger partial charge on any atom is -0.454 e. The summed E-state index contributed by atoms with van der Waals surface area (Å²) in [5.74, 6) is 3.38. The quantitative estimate of drug-likeness (QED) is 0.350. The minimum absolute atomic E-state index is 0.317. The van der Waals surface area contributed by atoms with Gasteiger partial charge in [-0.15, -0.1) is 0 Å². The predicted molar refractivity (Wildman–Crippen MR) is 143 cm³/mol. The van der Waals surface area contributed by atoms with E-state index in [1.165, 1.54) is 12.0 Å². The molecule has 0 spiro atoms. The number of nitrogens with one attached hydrogen (secondary N) is 4. The Kier molecular flexibility index (Phi) is 5.99. The lowest BCUT2D eigenvalue weighted by atomic mass is 10.0. The van der Waals surface area contributed by atoms with Gasteiger partial charge in [-0.05, 0) is 68.1 Å². The van der Waals surface area contributed by atoms with Crippen molar-refractivity contribution < 1.29 is 4.74 Å². The lowest BCUT2D eigenvalue weighted by Crippen LogP contribution is -2.27. The second-order valence-electron chi connectivity index (χ2n) is 9.72. The van der Waals surface area contributed by atoms with Crippen LogP contribution in [0.3, 0.4) is 0 Å². The molecule has 1 atom stereocenters. The Morgan fingerprint density at radius 1 is 1.28 bits per heavy atom. The van der Waals surface area contributed by atoms with E-state index in [1.807, 2.05) is 18.5 Å². The van der Waals surface area contributed by atoms with Crippen molar-refractivity contribution in [3.8, 4) is 17.0 Å². The molecule has 0 saturated carbocycles. The number of hydrogen-bond acceptors (Lipinski definition) is 6. The molecule has 1 saturated heterocycles. The molecule has 2 aromatic heterocycles. The van der Waals surface area contributed by atoms with Crippen molar-refractivity contribution >= 4 is 11.3 Å². The Labute approximate surface area is 211 Å². The molecule has 0 amide bonds. The molecule has 8 heteroatoms. The lowest BCUT2D eigenvalue weighted by Gasteiger charge is -2.31. The summed E-state index contributed by atoms with van der Waals surface area (Å²) in [6.45, 7) is 14.3. The highest BCUT2D eigenvalue weighted by Crippen LogP contribution is 2.47. The summed E-state index contributed by atoms with van der Waals surface area (Å²) in [6.07, 6.45) is 10.2. The van der Waals surface area contributed by atoms with E-state index in [9.17, 15) is 0 Å². The number of anilines is 1. The molecule has 186 valence electrons. The van der Waals surface area contributed by atoms with Gasteiger partial charge < -0.3 is 30.2 Å². The Bertz CT molecular complexity index is 1340. The number of aromatic amines is 2. The first-order valence-corrected chi connectivity index (χ1v) is 12.9. The van der Waals surface area contributed by atoms with E-state index in [0.29, 0.717) is 18.3 Å². The summed E-state index contributed by atoms with van der Waals surface area (Å²) < 4.78 is 6.28. The molecule has 0 bridgehead atoms. The van der Waals surface area contributed by atoms with E-state index in [4.69, 9.17) is 4.74 Å². The lowest BCUT2D eigenvalue weighted by molar-refractivity contribution is 0.424. The van der Waals surface area contributed by atoms with Crippen LogP contribution in [-0.4, -0.2) is 39.6 Å². The molecule has 1 aromatic carbocycles. The van der Waals surface area contributed by atoms with E-state index in [2.05, 4.69) is 67.7 Å². The van der Waals surface area contributed by atoms with Crippen LogP contribution in [0.15, 0.2) is 55.2 Å². The molecule has 36 heavy (non-hydrogen) atoms. The molecular weight excluding hydrogens is 450 g/mol. The van der Waals surface area contributed by atoms with Crippen LogP contribution in [0.2, 0.25) is 0 Å². The summed E-state index contributed by atoms with van der Waals surface area (Å²) in [5, 5.41) is 6.88. The highest BCUT2D eigenvalue weighted by atomic mass is 16.5. The van der Waals surface area contributed by atoms with Gasteiger partial charge in [0.25, 0.3) is 0 Å². The van der Waals surface area contributed by atoms with E-state index < -0.39 is 0 Å². The summed E-state index contributed by atoms with van der Waals surface area (Å²) in [6, 6.07) is 4.67. The number of allylic oxidation sites excluding steroid dienone is 2. The second-order valence-corrected chi connectivity index (χ2v) is 9.72. The van der Waals surface area contributed by atoms with Crippen LogP contribution in [-0.2, 0) is 13.0 Å². The van der Waals surface area contributed by atoms with Gasteiger partial charge >= 0.3 is 0 Å². The van der Waals surface area contributed by atoms with Gasteiger partial charge in [0.05, 0.1) is 47.8 Å². The van der Waals surface area contributed by atoms with Crippen LogP contribution >= 0.6 is 0 Å². The summed E-state index contributed by atoms with van der Waals surface area (Å²) in [5.41, 5.74) is 7.19. The van der Waals surface area contributed by atoms with Crippen molar-refractivity contribution in [1.29, 1.82) is 0 Å². The zero-order valence-corrected chi connectivity index (χ0v) is 20.8. The first-order chi connectivity index (χ1) is 17.6. The van der Waals surface area contributed by atoms with Crippen molar-refractivity contribution in [1.82, 2.24) is 30.6 Å². The fraction of sp³-hybridized carbons (Fsp3) is 0.357. The number of benzene rings is 1. The molecule has 0 radical (unpaired) electrons. The summed E-state index contributed by atoms with van der Waals surface area (Å²) >= 11 is 0. The molecule has 3 aromatic rings. The van der Waals surface area contributed by atoms with Gasteiger partial charge in [-0.1, -0.05) is 20.1 Å². The van der Waals surface area contributed by atoms with Crippen molar-refractivity contribution in [3.63, 3.8) is 0 Å². The fourth-order valence-corrected chi connectivity index (χ4v) is 5.29. The molecular formula is C28H33N7O. The van der Waals surface area contributed by atoms with E-state index >= 15 is 0 Å². The average molecular weight is 484 g/mol. The summed E-state index contributed by atoms with van der Waals surface area (Å²) in [7, 11) is 0. The van der Waals surface area contributed by atoms with Crippen molar-refractivity contribution in [2.75, 3.05) is 24.5 Å². The van der Waals surface area contributed by atoms with Gasteiger partial charge in [0, 0.05) is 12.1 Å². The third-order valence-corrected chi connectivity index (χ3v) is 7.14. The number of nitrogens with zero attached hydrogens (tertiary/aromatic N) is 3. The van der Waals surface area contributed by atoms with Gasteiger partial charge in [-0.2, -0.15) is 0 Å². The number of imidazole rings is 2. The van der Waals surface area contributed by atoms with Crippen LogP contribution < -0.4 is 20.3 Å². The van der Waals surface area contributed by atoms with Crippen LogP contribution in [0, 0.1) is 0 Å². The van der Waals surface area contributed by atoms with Gasteiger partial charge in [0.2, 0.25) is 0 Å². The number of H-pyrrole nitrogens is 2. The zero-order chi connectivity index (χ0) is 24.6. The maximum atomic E-state index is 6.28. The fourth-order valence-electron chi connectivity index (χ4n) is 5.29. The van der Waals surface area contributed by atoms with Crippen LogP contribution in [0.5, 0.6) is 5.75 Å². The van der Waals surface area contributed by atoms with Gasteiger partial charge in [0.15, 0.2) is 5.75 Å². The summed E-state index contributed by atoms with van der Waals surface area (Å²) in [4.78, 5) is 18.3. The molecule has 8 nitrogen and oxygen atoms in total. The highest BCUT2D eigenvalue weighted by molar-refractivity contribution is 5.82. The number of ether oxygens (including phenoxy) is 1. The Balaban J connectivity index is 1.24. The maximum absolute atomic E-state index is 6.28. The molecule has 1 fully saturated rings. The normalized spacial score (nSPS) is 19.7. The first-order valence-electron chi connectivity index (χ1n) is 12.9. The molecule has 6 rings (SSSR count). The Morgan fingerprint density at radius 2 is 2.19 bits per heavy atom. The third-order valence-electron chi connectivity index (χ3n) is 7.14. The highest BCUT2D eigenvalue weighted by Gasteiger charge is 2.33. The SMILES string of the molecule is C=C1Oc2cc(-c3cnc(C4CCCN4)[nH]3)cc3c2N(CC3)/C1=C/C(=C)c1cnc(CNCCC)[nH]1. The van der Waals surface area contributed by atoms with E-state index in [1.54, 1.807) is 0 Å². The van der Waals surface area contributed by atoms with Crippen molar-refractivity contribution in [2.45, 2.75) is 45.2 Å². The predicted octanol–water partition coefficient (Wildman–Crippen LogP) is 4.59. The number of aromatic nitrogens is 4. The topological polar surface area (TPSA) is 93.9 Å². The Morgan fingerprint density at radius 3 is 3.03 bits per heavy atom. The minimum atomic E-state index is 0.317. The van der Waals surface area contributed by atoms with Gasteiger partial charge in [-0.3, -0.25) is 0 Å². The van der Waals surface area contributed by atoms with Crippen LogP contribution in [0.1, 0.15) is 55.1 Å². The molecule has 0 aliphatic carbocycles. The molecule has 5 heterocycles. The average Bonchev–Trinajstić information content (AvgIpc) is 3.67. The smallest absolute Gasteiger partial charge is 0.152 e. The monoisotopic (exact) mass is 483 g/mol. The third kappa shape index (κ3) is 4.16. The Hall–Kier alpha value is -3.62. The van der Waals surface area contributed by atoms with Gasteiger partial charge in [-0.25, -0.2) is 9.97 Å².